The smallest absolute Gasteiger partial charge is 0.226 e. The zero-order chi connectivity index (χ0) is 17.5. The lowest BCUT2D eigenvalue weighted by atomic mass is 10.1. The summed E-state index contributed by atoms with van der Waals surface area (Å²) in [5.74, 6) is 0.826. The maximum Gasteiger partial charge on any atom is 0.226 e. The predicted molar refractivity (Wildman–Crippen MR) is 97.8 cm³/mol. The Labute approximate surface area is 148 Å². The van der Waals surface area contributed by atoms with Crippen LogP contribution in [-0.4, -0.2) is 31.7 Å². The van der Waals surface area contributed by atoms with E-state index in [1.165, 1.54) is 0 Å². The summed E-state index contributed by atoms with van der Waals surface area (Å²) in [6, 6.07) is 15.7. The van der Waals surface area contributed by atoms with Crippen molar-refractivity contribution < 1.29 is 14.3 Å². The minimum Gasteiger partial charge on any atom is -0.489 e. The topological polar surface area (TPSA) is 59.6 Å². The number of amides is 1. The molecule has 25 heavy (non-hydrogen) atoms. The van der Waals surface area contributed by atoms with Gasteiger partial charge in [0.1, 0.15) is 12.4 Å². The molecule has 132 valence electrons. The van der Waals surface area contributed by atoms with Gasteiger partial charge in [-0.05, 0) is 36.2 Å². The average molecular weight is 340 g/mol. The lowest BCUT2D eigenvalue weighted by Gasteiger charge is -2.23. The SMILES string of the molecule is Cc1c(COc2ccccc2)cccc1NC(=O)CC1COCCN1. The third-order valence-corrected chi connectivity index (χ3v) is 4.29. The second-order valence-electron chi connectivity index (χ2n) is 6.17. The molecule has 1 saturated heterocycles. The van der Waals surface area contributed by atoms with Crippen molar-refractivity contribution in [2.45, 2.75) is 26.0 Å². The van der Waals surface area contributed by atoms with Crippen molar-refractivity contribution in [1.82, 2.24) is 5.32 Å². The lowest BCUT2D eigenvalue weighted by molar-refractivity contribution is -0.117. The molecule has 0 aliphatic carbocycles. The zero-order valence-electron chi connectivity index (χ0n) is 14.5. The molecule has 1 aliphatic heterocycles. The molecule has 2 aromatic carbocycles. The van der Waals surface area contributed by atoms with Crippen molar-refractivity contribution in [3.8, 4) is 5.75 Å². The molecule has 0 radical (unpaired) electrons. The molecule has 0 aromatic heterocycles. The molecule has 5 nitrogen and oxygen atoms in total. The van der Waals surface area contributed by atoms with Crippen LogP contribution in [0.2, 0.25) is 0 Å². The molecule has 1 atom stereocenters. The molecular formula is C20H24N2O3. The minimum atomic E-state index is -0.00720. The van der Waals surface area contributed by atoms with Gasteiger partial charge >= 0.3 is 0 Å². The number of carbonyl (C=O) groups is 1. The Kier molecular flexibility index (Phi) is 6.04. The fraction of sp³-hybridized carbons (Fsp3) is 0.350. The molecule has 0 saturated carbocycles. The van der Waals surface area contributed by atoms with Crippen molar-refractivity contribution >= 4 is 11.6 Å². The fourth-order valence-electron chi connectivity index (χ4n) is 2.83. The molecular weight excluding hydrogens is 316 g/mol. The quantitative estimate of drug-likeness (QED) is 0.849. The third-order valence-electron chi connectivity index (χ3n) is 4.29. The molecule has 1 fully saturated rings. The Morgan fingerprint density at radius 2 is 2.08 bits per heavy atom. The van der Waals surface area contributed by atoms with Gasteiger partial charge in [0.05, 0.1) is 13.2 Å². The highest BCUT2D eigenvalue weighted by molar-refractivity contribution is 5.92. The van der Waals surface area contributed by atoms with Crippen LogP contribution < -0.4 is 15.4 Å². The van der Waals surface area contributed by atoms with Gasteiger partial charge in [-0.15, -0.1) is 0 Å². The van der Waals surface area contributed by atoms with Crippen LogP contribution >= 0.6 is 0 Å². The summed E-state index contributed by atoms with van der Waals surface area (Å²) in [6.45, 7) is 4.56. The highest BCUT2D eigenvalue weighted by Gasteiger charge is 2.17. The summed E-state index contributed by atoms with van der Waals surface area (Å²) < 4.78 is 11.2. The number of carbonyl (C=O) groups excluding carboxylic acids is 1. The normalized spacial score (nSPS) is 17.1. The van der Waals surface area contributed by atoms with Gasteiger partial charge in [-0.3, -0.25) is 4.79 Å². The Morgan fingerprint density at radius 3 is 2.84 bits per heavy atom. The average Bonchev–Trinajstić information content (AvgIpc) is 2.64. The molecule has 2 N–H and O–H groups in total. The van der Waals surface area contributed by atoms with E-state index < -0.39 is 0 Å². The number of hydrogen-bond donors (Lipinski definition) is 2. The van der Waals surface area contributed by atoms with Gasteiger partial charge in [-0.25, -0.2) is 0 Å². The van der Waals surface area contributed by atoms with E-state index in [1.807, 2.05) is 55.5 Å². The number of nitrogens with one attached hydrogen (secondary N) is 2. The van der Waals surface area contributed by atoms with E-state index in [9.17, 15) is 4.79 Å². The summed E-state index contributed by atoms with van der Waals surface area (Å²) in [4.78, 5) is 12.3. The van der Waals surface area contributed by atoms with Gasteiger partial charge in [0, 0.05) is 24.7 Å². The van der Waals surface area contributed by atoms with Crippen LogP contribution in [0, 0.1) is 6.92 Å². The van der Waals surface area contributed by atoms with Crippen molar-refractivity contribution in [2.75, 3.05) is 25.1 Å². The molecule has 1 amide bonds. The van der Waals surface area contributed by atoms with Crippen LogP contribution in [0.15, 0.2) is 48.5 Å². The van der Waals surface area contributed by atoms with Gasteiger partial charge in [-0.2, -0.15) is 0 Å². The van der Waals surface area contributed by atoms with Gasteiger partial charge in [0.15, 0.2) is 0 Å². The second-order valence-corrected chi connectivity index (χ2v) is 6.17. The number of ether oxygens (including phenoxy) is 2. The number of rotatable bonds is 6. The molecule has 0 spiro atoms. The van der Waals surface area contributed by atoms with Gasteiger partial charge in [0.2, 0.25) is 5.91 Å². The molecule has 1 unspecified atom stereocenters. The first-order chi connectivity index (χ1) is 12.2. The van der Waals surface area contributed by atoms with Gasteiger partial charge in [-0.1, -0.05) is 30.3 Å². The van der Waals surface area contributed by atoms with Crippen molar-refractivity contribution in [1.29, 1.82) is 0 Å². The largest absolute Gasteiger partial charge is 0.489 e. The number of anilines is 1. The highest BCUT2D eigenvalue weighted by Crippen LogP contribution is 2.21. The molecule has 0 bridgehead atoms. The molecule has 3 rings (SSSR count). The fourth-order valence-corrected chi connectivity index (χ4v) is 2.83. The van der Waals surface area contributed by atoms with Crippen molar-refractivity contribution in [3.05, 3.63) is 59.7 Å². The van der Waals surface area contributed by atoms with Crippen molar-refractivity contribution in [3.63, 3.8) is 0 Å². The number of morpholine rings is 1. The first kappa shape index (κ1) is 17.5. The first-order valence-corrected chi connectivity index (χ1v) is 8.59. The van der Waals surface area contributed by atoms with E-state index in [2.05, 4.69) is 10.6 Å². The highest BCUT2D eigenvalue weighted by atomic mass is 16.5. The van der Waals surface area contributed by atoms with Crippen LogP contribution in [0.5, 0.6) is 5.75 Å². The van der Waals surface area contributed by atoms with Crippen LogP contribution in [0.3, 0.4) is 0 Å². The first-order valence-electron chi connectivity index (χ1n) is 8.59. The Hall–Kier alpha value is -2.37. The van der Waals surface area contributed by atoms with E-state index in [0.29, 0.717) is 26.2 Å². The summed E-state index contributed by atoms with van der Waals surface area (Å²) in [6.07, 6.45) is 0.407. The Balaban J connectivity index is 1.59. The number of benzene rings is 2. The molecule has 2 aromatic rings. The van der Waals surface area contributed by atoms with Gasteiger partial charge < -0.3 is 20.1 Å². The molecule has 1 aliphatic rings. The van der Waals surface area contributed by atoms with E-state index in [0.717, 1.165) is 29.1 Å². The maximum absolute atomic E-state index is 12.3. The van der Waals surface area contributed by atoms with E-state index in [-0.39, 0.29) is 11.9 Å². The van der Waals surface area contributed by atoms with Crippen molar-refractivity contribution in [2.24, 2.45) is 0 Å². The summed E-state index contributed by atoms with van der Waals surface area (Å²) in [5.41, 5.74) is 2.91. The summed E-state index contributed by atoms with van der Waals surface area (Å²) in [5, 5.41) is 6.30. The Bertz CT molecular complexity index is 697. The van der Waals surface area contributed by atoms with Crippen LogP contribution in [-0.2, 0) is 16.1 Å². The number of hydrogen-bond acceptors (Lipinski definition) is 4. The van der Waals surface area contributed by atoms with E-state index in [1.54, 1.807) is 0 Å². The lowest BCUT2D eigenvalue weighted by Crippen LogP contribution is -2.43. The van der Waals surface area contributed by atoms with Crippen LogP contribution in [0.4, 0.5) is 5.69 Å². The summed E-state index contributed by atoms with van der Waals surface area (Å²) in [7, 11) is 0. The van der Waals surface area contributed by atoms with Crippen LogP contribution in [0.1, 0.15) is 17.5 Å². The zero-order valence-corrected chi connectivity index (χ0v) is 14.5. The van der Waals surface area contributed by atoms with E-state index >= 15 is 0 Å². The monoisotopic (exact) mass is 340 g/mol. The number of para-hydroxylation sites is 1. The maximum atomic E-state index is 12.3. The molecule has 1 heterocycles. The van der Waals surface area contributed by atoms with Gasteiger partial charge in [0.25, 0.3) is 0 Å². The predicted octanol–water partition coefficient (Wildman–Crippen LogP) is 2.89. The third kappa shape index (κ3) is 5.05. The second kappa shape index (κ2) is 8.65. The summed E-state index contributed by atoms with van der Waals surface area (Å²) >= 11 is 0. The van der Waals surface area contributed by atoms with Crippen LogP contribution in [0.25, 0.3) is 0 Å². The molecule has 5 heteroatoms. The van der Waals surface area contributed by atoms with E-state index in [4.69, 9.17) is 9.47 Å². The minimum absolute atomic E-state index is 0.00720. The standard InChI is InChI=1S/C20H24N2O3/c1-15-16(13-25-18-7-3-2-4-8-18)6-5-9-19(15)22-20(23)12-17-14-24-11-10-21-17/h2-9,17,21H,10-14H2,1H3,(H,22,23). The Morgan fingerprint density at radius 1 is 1.24 bits per heavy atom.